The number of hydrogen-bond donors (Lipinski definition) is 4. The number of benzene rings is 1. The largest absolute Gasteiger partial charge is 0.367 e. The third-order valence-electron chi connectivity index (χ3n) is 4.58. The zero-order chi connectivity index (χ0) is 17.9. The smallest absolute Gasteiger partial charge is 0.251 e. The molecule has 1 saturated carbocycles. The van der Waals surface area contributed by atoms with Crippen LogP contribution in [-0.4, -0.2) is 33.4 Å². The van der Waals surface area contributed by atoms with Crippen LogP contribution >= 0.6 is 0 Å². The van der Waals surface area contributed by atoms with Crippen molar-refractivity contribution in [3.63, 3.8) is 0 Å². The van der Waals surface area contributed by atoms with E-state index in [1.54, 1.807) is 12.1 Å². The van der Waals surface area contributed by atoms with Crippen LogP contribution in [-0.2, 0) is 0 Å². The van der Waals surface area contributed by atoms with Crippen molar-refractivity contribution < 1.29 is 4.79 Å². The lowest BCUT2D eigenvalue weighted by molar-refractivity contribution is 0.0956. The summed E-state index contributed by atoms with van der Waals surface area (Å²) >= 11 is 0. The van der Waals surface area contributed by atoms with Gasteiger partial charge in [0, 0.05) is 30.0 Å². The summed E-state index contributed by atoms with van der Waals surface area (Å²) in [5.41, 5.74) is 2.16. The van der Waals surface area contributed by atoms with Crippen molar-refractivity contribution in [3.05, 3.63) is 42.1 Å². The van der Waals surface area contributed by atoms with Gasteiger partial charge in [0.2, 0.25) is 5.95 Å². The zero-order valence-corrected chi connectivity index (χ0v) is 14.7. The molecule has 7 heteroatoms. The molecule has 0 spiro atoms. The van der Waals surface area contributed by atoms with E-state index >= 15 is 0 Å². The first-order chi connectivity index (χ1) is 12.7. The molecule has 0 unspecified atom stereocenters. The monoisotopic (exact) mass is 350 g/mol. The molecule has 0 aliphatic heterocycles. The molecule has 1 aliphatic rings. The summed E-state index contributed by atoms with van der Waals surface area (Å²) in [6.45, 7) is 2.50. The summed E-state index contributed by atoms with van der Waals surface area (Å²) in [5.74, 6) is 1.24. The van der Waals surface area contributed by atoms with Crippen LogP contribution < -0.4 is 16.0 Å². The van der Waals surface area contributed by atoms with Crippen LogP contribution in [0.2, 0.25) is 0 Å². The Balaban J connectivity index is 1.60. The molecule has 1 amide bonds. The van der Waals surface area contributed by atoms with E-state index in [4.69, 9.17) is 0 Å². The predicted molar refractivity (Wildman–Crippen MR) is 103 cm³/mol. The van der Waals surface area contributed by atoms with Crippen molar-refractivity contribution in [3.8, 4) is 0 Å². The number of aromatic amines is 1. The number of hydrogen-bond acceptors (Lipinski definition) is 5. The number of nitrogens with one attached hydrogen (secondary N) is 4. The molecule has 3 aromatic rings. The van der Waals surface area contributed by atoms with E-state index in [-0.39, 0.29) is 5.91 Å². The van der Waals surface area contributed by atoms with Gasteiger partial charge in [-0.15, -0.1) is 0 Å². The summed E-state index contributed by atoms with van der Waals surface area (Å²) in [6.07, 6.45) is 5.47. The normalized spacial score (nSPS) is 14.0. The van der Waals surface area contributed by atoms with Gasteiger partial charge in [0.15, 0.2) is 0 Å². The van der Waals surface area contributed by atoms with Crippen molar-refractivity contribution in [2.75, 3.05) is 17.2 Å². The maximum atomic E-state index is 12.0. The Labute approximate surface area is 151 Å². The van der Waals surface area contributed by atoms with Gasteiger partial charge in [0.1, 0.15) is 11.5 Å². The topological polar surface area (TPSA) is 94.7 Å². The number of anilines is 3. The Bertz CT molecular complexity index is 931. The molecule has 1 fully saturated rings. The minimum absolute atomic E-state index is 0.0933. The lowest BCUT2D eigenvalue weighted by Crippen LogP contribution is -2.27. The first-order valence-electron chi connectivity index (χ1n) is 9.00. The number of carbonyl (C=O) groups is 1. The van der Waals surface area contributed by atoms with Gasteiger partial charge in [0.05, 0.1) is 5.39 Å². The third kappa shape index (κ3) is 3.33. The Morgan fingerprint density at radius 1 is 1.27 bits per heavy atom. The molecule has 0 bridgehead atoms. The Morgan fingerprint density at radius 3 is 2.92 bits per heavy atom. The molecule has 0 radical (unpaired) electrons. The molecule has 4 N–H and O–H groups in total. The lowest BCUT2D eigenvalue weighted by atomic mass is 9.93. The number of nitrogens with zero attached hydrogens (tertiary/aromatic N) is 2. The fraction of sp³-hybridized carbons (Fsp3) is 0.316. The van der Waals surface area contributed by atoms with Crippen LogP contribution in [0.25, 0.3) is 11.0 Å². The highest BCUT2D eigenvalue weighted by atomic mass is 16.1. The second-order valence-corrected chi connectivity index (χ2v) is 6.47. The van der Waals surface area contributed by atoms with Gasteiger partial charge in [0.25, 0.3) is 5.91 Å². The quantitative estimate of drug-likeness (QED) is 0.546. The SMILES string of the molecule is CCNC(=O)c1cccc(Nc2nc(NC3CCC3)c3cc[nH]c3n2)c1. The molecule has 1 aromatic carbocycles. The maximum Gasteiger partial charge on any atom is 0.251 e. The molecule has 0 atom stereocenters. The molecule has 2 aromatic heterocycles. The van der Waals surface area contributed by atoms with Gasteiger partial charge in [-0.2, -0.15) is 9.97 Å². The van der Waals surface area contributed by atoms with Gasteiger partial charge in [-0.05, 0) is 50.5 Å². The summed E-state index contributed by atoms with van der Waals surface area (Å²) in [7, 11) is 0. The third-order valence-corrected chi connectivity index (χ3v) is 4.58. The van der Waals surface area contributed by atoms with E-state index in [2.05, 4.69) is 30.9 Å². The zero-order valence-electron chi connectivity index (χ0n) is 14.7. The van der Waals surface area contributed by atoms with Crippen LogP contribution in [0.15, 0.2) is 36.5 Å². The molecule has 26 heavy (non-hydrogen) atoms. The second kappa shape index (κ2) is 7.03. The first-order valence-corrected chi connectivity index (χ1v) is 9.00. The Kier molecular flexibility index (Phi) is 4.43. The number of rotatable bonds is 6. The molecule has 2 heterocycles. The molecule has 7 nitrogen and oxygen atoms in total. The van der Waals surface area contributed by atoms with E-state index in [1.807, 2.05) is 31.3 Å². The lowest BCUT2D eigenvalue weighted by Gasteiger charge is -2.27. The predicted octanol–water partition coefficient (Wildman–Crippen LogP) is 3.42. The average molecular weight is 350 g/mol. The Hall–Kier alpha value is -3.09. The summed E-state index contributed by atoms with van der Waals surface area (Å²) in [6, 6.07) is 9.78. The van der Waals surface area contributed by atoms with Gasteiger partial charge >= 0.3 is 0 Å². The number of carbonyl (C=O) groups excluding carboxylic acids is 1. The van der Waals surface area contributed by atoms with Crippen molar-refractivity contribution >= 4 is 34.4 Å². The molecule has 0 saturated heterocycles. The average Bonchev–Trinajstić information content (AvgIpc) is 3.07. The molecular weight excluding hydrogens is 328 g/mol. The van der Waals surface area contributed by atoms with Crippen molar-refractivity contribution in [2.45, 2.75) is 32.2 Å². The maximum absolute atomic E-state index is 12.0. The van der Waals surface area contributed by atoms with Crippen LogP contribution in [0.3, 0.4) is 0 Å². The van der Waals surface area contributed by atoms with Gasteiger partial charge in [-0.3, -0.25) is 4.79 Å². The number of amides is 1. The fourth-order valence-corrected chi connectivity index (χ4v) is 2.98. The van der Waals surface area contributed by atoms with E-state index in [0.29, 0.717) is 24.1 Å². The van der Waals surface area contributed by atoms with Crippen molar-refractivity contribution in [1.29, 1.82) is 0 Å². The van der Waals surface area contributed by atoms with Crippen LogP contribution in [0, 0.1) is 0 Å². The number of fused-ring (bicyclic) bond motifs is 1. The second-order valence-electron chi connectivity index (χ2n) is 6.47. The van der Waals surface area contributed by atoms with Crippen molar-refractivity contribution in [2.24, 2.45) is 0 Å². The van der Waals surface area contributed by atoms with Gasteiger partial charge < -0.3 is 20.9 Å². The van der Waals surface area contributed by atoms with E-state index in [9.17, 15) is 4.79 Å². The van der Waals surface area contributed by atoms with Crippen LogP contribution in [0.4, 0.5) is 17.5 Å². The highest BCUT2D eigenvalue weighted by Gasteiger charge is 2.19. The summed E-state index contributed by atoms with van der Waals surface area (Å²) in [4.78, 5) is 24.3. The summed E-state index contributed by atoms with van der Waals surface area (Å²) in [5, 5.41) is 10.5. The number of aromatic nitrogens is 3. The number of H-pyrrole nitrogens is 1. The van der Waals surface area contributed by atoms with Crippen LogP contribution in [0.5, 0.6) is 0 Å². The molecule has 134 valence electrons. The highest BCUT2D eigenvalue weighted by molar-refractivity contribution is 5.95. The van der Waals surface area contributed by atoms with Crippen LogP contribution in [0.1, 0.15) is 36.5 Å². The van der Waals surface area contributed by atoms with Gasteiger partial charge in [-0.25, -0.2) is 0 Å². The summed E-state index contributed by atoms with van der Waals surface area (Å²) < 4.78 is 0. The molecule has 1 aliphatic carbocycles. The van der Waals surface area contributed by atoms with E-state index in [1.165, 1.54) is 19.3 Å². The first kappa shape index (κ1) is 16.4. The fourth-order valence-electron chi connectivity index (χ4n) is 2.98. The van der Waals surface area contributed by atoms with E-state index in [0.717, 1.165) is 22.5 Å². The minimum Gasteiger partial charge on any atom is -0.367 e. The highest BCUT2D eigenvalue weighted by Crippen LogP contribution is 2.28. The Morgan fingerprint density at radius 2 is 2.15 bits per heavy atom. The van der Waals surface area contributed by atoms with Gasteiger partial charge in [-0.1, -0.05) is 6.07 Å². The molecular formula is C19H22N6O. The standard InChI is InChI=1S/C19H22N6O/c1-2-20-18(26)12-5-3-8-14(11-12)23-19-24-16-15(9-10-21-16)17(25-19)22-13-6-4-7-13/h3,5,8-11,13H,2,4,6-7H2,1H3,(H,20,26)(H3,21,22,23,24,25). The molecule has 4 rings (SSSR count). The minimum atomic E-state index is -0.0933. The van der Waals surface area contributed by atoms with E-state index < -0.39 is 0 Å². The van der Waals surface area contributed by atoms with Crippen molar-refractivity contribution in [1.82, 2.24) is 20.3 Å².